The van der Waals surface area contributed by atoms with Crippen LogP contribution in [-0.4, -0.2) is 13.1 Å². The maximum atomic E-state index is 3.93. The minimum atomic E-state index is 0. The fourth-order valence-electron chi connectivity index (χ4n) is 3.46. The lowest BCUT2D eigenvalue weighted by Gasteiger charge is -2.37. The van der Waals surface area contributed by atoms with Crippen molar-refractivity contribution in [1.82, 2.24) is 5.32 Å². The van der Waals surface area contributed by atoms with Crippen molar-refractivity contribution >= 4 is 18.5 Å². The minimum Gasteiger partial charge on any atom is -0.316 e. The van der Waals surface area contributed by atoms with Crippen molar-refractivity contribution in [3.05, 3.63) is 41.5 Å². The third kappa shape index (κ3) is 1.82. The van der Waals surface area contributed by atoms with Crippen LogP contribution >= 0.6 is 12.4 Å². The van der Waals surface area contributed by atoms with Crippen LogP contribution in [0.3, 0.4) is 0 Å². The highest BCUT2D eigenvalue weighted by Gasteiger charge is 2.43. The number of benzene rings is 1. The van der Waals surface area contributed by atoms with E-state index in [9.17, 15) is 0 Å². The van der Waals surface area contributed by atoms with Gasteiger partial charge in [-0.05, 0) is 34.9 Å². The molecule has 92 valence electrons. The summed E-state index contributed by atoms with van der Waals surface area (Å²) in [6.45, 7) is 8.68. The predicted octanol–water partition coefficient (Wildman–Crippen LogP) is 3.39. The topological polar surface area (TPSA) is 12.0 Å². The molecule has 3 rings (SSSR count). The minimum absolute atomic E-state index is 0. The summed E-state index contributed by atoms with van der Waals surface area (Å²) >= 11 is 0. The first-order valence-corrected chi connectivity index (χ1v) is 6.19. The highest BCUT2D eigenvalue weighted by atomic mass is 35.5. The van der Waals surface area contributed by atoms with Gasteiger partial charge in [-0.2, -0.15) is 0 Å². The molecule has 1 N–H and O–H groups in total. The molecule has 2 aliphatic rings. The fraction of sp³-hybridized carbons (Fsp3) is 0.467. The number of rotatable bonds is 1. The standard InChI is InChI=1S/C15H19N.ClH/c1-3-11-5-4-6-13-12(11)7-8-15(2)10-16-9-14(13)15;/h3-6,14,16H,1,7-10H2,2H3;1H. The zero-order valence-corrected chi connectivity index (χ0v) is 11.1. The van der Waals surface area contributed by atoms with E-state index in [1.807, 2.05) is 6.08 Å². The Morgan fingerprint density at radius 3 is 3.06 bits per heavy atom. The molecule has 2 heteroatoms. The number of halogens is 1. The van der Waals surface area contributed by atoms with Crippen LogP contribution in [0.2, 0.25) is 0 Å². The molecule has 0 amide bonds. The smallest absolute Gasteiger partial charge is 0.00324 e. The number of nitrogens with one attached hydrogen (secondary N) is 1. The van der Waals surface area contributed by atoms with Crippen LogP contribution in [0.5, 0.6) is 0 Å². The molecule has 1 saturated heterocycles. The van der Waals surface area contributed by atoms with E-state index in [2.05, 4.69) is 37.0 Å². The summed E-state index contributed by atoms with van der Waals surface area (Å²) in [5, 5.41) is 3.56. The molecule has 1 aromatic rings. The van der Waals surface area contributed by atoms with E-state index in [0.717, 1.165) is 6.54 Å². The zero-order chi connectivity index (χ0) is 11.2. The SMILES string of the molecule is C=Cc1cccc2c1CCC1(C)CNCC21.Cl. The lowest BCUT2D eigenvalue weighted by Crippen LogP contribution is -2.30. The molecule has 1 heterocycles. The lowest BCUT2D eigenvalue weighted by atomic mass is 9.66. The van der Waals surface area contributed by atoms with Crippen molar-refractivity contribution in [2.45, 2.75) is 25.7 Å². The first-order chi connectivity index (χ1) is 7.74. The molecular formula is C15H20ClN. The van der Waals surface area contributed by atoms with Crippen molar-refractivity contribution in [3.8, 4) is 0 Å². The van der Waals surface area contributed by atoms with E-state index < -0.39 is 0 Å². The van der Waals surface area contributed by atoms with Crippen LogP contribution in [0.1, 0.15) is 36.0 Å². The van der Waals surface area contributed by atoms with E-state index in [4.69, 9.17) is 0 Å². The Morgan fingerprint density at radius 1 is 1.47 bits per heavy atom. The maximum absolute atomic E-state index is 3.93. The summed E-state index contributed by atoms with van der Waals surface area (Å²) in [6, 6.07) is 6.69. The largest absolute Gasteiger partial charge is 0.316 e. The fourth-order valence-corrected chi connectivity index (χ4v) is 3.46. The van der Waals surface area contributed by atoms with Crippen molar-refractivity contribution in [3.63, 3.8) is 0 Å². The van der Waals surface area contributed by atoms with Gasteiger partial charge in [0.05, 0.1) is 0 Å². The number of hydrogen-bond donors (Lipinski definition) is 1. The molecule has 1 aliphatic heterocycles. The average Bonchev–Trinajstić information content (AvgIpc) is 2.70. The second kappa shape index (κ2) is 4.47. The van der Waals surface area contributed by atoms with E-state index in [0.29, 0.717) is 11.3 Å². The second-order valence-corrected chi connectivity index (χ2v) is 5.46. The van der Waals surface area contributed by atoms with Gasteiger partial charge in [0.1, 0.15) is 0 Å². The average molecular weight is 250 g/mol. The van der Waals surface area contributed by atoms with Gasteiger partial charge in [0, 0.05) is 19.0 Å². The van der Waals surface area contributed by atoms with Crippen molar-refractivity contribution in [2.75, 3.05) is 13.1 Å². The predicted molar refractivity (Wildman–Crippen MR) is 75.8 cm³/mol. The number of hydrogen-bond acceptors (Lipinski definition) is 1. The van der Waals surface area contributed by atoms with Crippen LogP contribution in [0, 0.1) is 5.41 Å². The molecule has 2 atom stereocenters. The van der Waals surface area contributed by atoms with Crippen LogP contribution in [-0.2, 0) is 6.42 Å². The van der Waals surface area contributed by atoms with Gasteiger partial charge in [0.2, 0.25) is 0 Å². The summed E-state index contributed by atoms with van der Waals surface area (Å²) in [4.78, 5) is 0. The monoisotopic (exact) mass is 249 g/mol. The van der Waals surface area contributed by atoms with Gasteiger partial charge in [-0.15, -0.1) is 12.4 Å². The first kappa shape index (κ1) is 12.7. The van der Waals surface area contributed by atoms with Crippen molar-refractivity contribution in [1.29, 1.82) is 0 Å². The van der Waals surface area contributed by atoms with Gasteiger partial charge in [0.15, 0.2) is 0 Å². The Kier molecular flexibility index (Phi) is 3.33. The summed E-state index contributed by atoms with van der Waals surface area (Å²) in [5.74, 6) is 0.705. The van der Waals surface area contributed by atoms with Crippen LogP contribution in [0.25, 0.3) is 6.08 Å². The third-order valence-corrected chi connectivity index (χ3v) is 4.51. The molecule has 17 heavy (non-hydrogen) atoms. The first-order valence-electron chi connectivity index (χ1n) is 6.19. The zero-order valence-electron chi connectivity index (χ0n) is 10.3. The van der Waals surface area contributed by atoms with Crippen LogP contribution in [0.4, 0.5) is 0 Å². The Morgan fingerprint density at radius 2 is 2.29 bits per heavy atom. The van der Waals surface area contributed by atoms with Gasteiger partial charge in [-0.25, -0.2) is 0 Å². The van der Waals surface area contributed by atoms with Gasteiger partial charge in [-0.1, -0.05) is 37.8 Å². The summed E-state index contributed by atoms with van der Waals surface area (Å²) < 4.78 is 0. The molecule has 0 bridgehead atoms. The molecule has 0 radical (unpaired) electrons. The van der Waals surface area contributed by atoms with Crippen LogP contribution < -0.4 is 5.32 Å². The molecule has 2 unspecified atom stereocenters. The third-order valence-electron chi connectivity index (χ3n) is 4.51. The second-order valence-electron chi connectivity index (χ2n) is 5.46. The molecule has 1 aliphatic carbocycles. The van der Waals surface area contributed by atoms with Gasteiger partial charge in [0.25, 0.3) is 0 Å². The highest BCUT2D eigenvalue weighted by Crippen LogP contribution is 2.48. The quantitative estimate of drug-likeness (QED) is 0.805. The molecule has 1 fully saturated rings. The number of fused-ring (bicyclic) bond motifs is 3. The molecule has 1 nitrogen and oxygen atoms in total. The van der Waals surface area contributed by atoms with E-state index in [1.54, 1.807) is 11.1 Å². The van der Waals surface area contributed by atoms with E-state index >= 15 is 0 Å². The summed E-state index contributed by atoms with van der Waals surface area (Å²) in [7, 11) is 0. The van der Waals surface area contributed by atoms with Gasteiger partial charge in [-0.3, -0.25) is 0 Å². The Hall–Kier alpha value is -0.790. The van der Waals surface area contributed by atoms with Gasteiger partial charge >= 0.3 is 0 Å². The summed E-state index contributed by atoms with van der Waals surface area (Å²) in [6.07, 6.45) is 4.53. The van der Waals surface area contributed by atoms with E-state index in [1.165, 1.54) is 24.9 Å². The maximum Gasteiger partial charge on any atom is 0.00324 e. The Bertz CT molecular complexity index is 441. The molecular weight excluding hydrogens is 230 g/mol. The summed E-state index contributed by atoms with van der Waals surface area (Å²) in [5.41, 5.74) is 4.93. The van der Waals surface area contributed by atoms with E-state index in [-0.39, 0.29) is 12.4 Å². The van der Waals surface area contributed by atoms with Crippen molar-refractivity contribution < 1.29 is 0 Å². The molecule has 1 aromatic carbocycles. The Labute approximate surface area is 110 Å². The van der Waals surface area contributed by atoms with Crippen LogP contribution in [0.15, 0.2) is 24.8 Å². The molecule has 0 saturated carbocycles. The highest BCUT2D eigenvalue weighted by molar-refractivity contribution is 5.85. The molecule has 0 spiro atoms. The van der Waals surface area contributed by atoms with Gasteiger partial charge < -0.3 is 5.32 Å². The normalized spacial score (nSPS) is 30.1. The lowest BCUT2D eigenvalue weighted by molar-refractivity contribution is 0.277. The van der Waals surface area contributed by atoms with Crippen molar-refractivity contribution in [2.24, 2.45) is 5.41 Å². The Balaban J connectivity index is 0.00000108. The molecule has 0 aromatic heterocycles.